The molecule has 0 saturated carbocycles. The van der Waals surface area contributed by atoms with Gasteiger partial charge in [0, 0.05) is 6.20 Å². The number of primary amides is 1. The van der Waals surface area contributed by atoms with E-state index >= 15 is 0 Å². The number of nitriles is 1. The first kappa shape index (κ1) is 21.3. The van der Waals surface area contributed by atoms with Gasteiger partial charge in [-0.3, -0.25) is 19.3 Å². The van der Waals surface area contributed by atoms with E-state index < -0.39 is 16.3 Å². The molecule has 0 fully saturated rings. The molecule has 0 saturated heterocycles. The molecule has 2 rings (SSSR count). The summed E-state index contributed by atoms with van der Waals surface area (Å²) in [6.45, 7) is 1.86. The molecule has 0 bridgehead atoms. The number of nitrogens with one attached hydrogen (secondary N) is 1. The van der Waals surface area contributed by atoms with Crippen LogP contribution in [-0.2, 0) is 10.4 Å². The van der Waals surface area contributed by atoms with Crippen molar-refractivity contribution in [1.82, 2.24) is 4.57 Å². The van der Waals surface area contributed by atoms with Crippen LogP contribution in [0.25, 0.3) is 0 Å². The number of benzene rings is 1. The van der Waals surface area contributed by atoms with Gasteiger partial charge in [0.05, 0.1) is 28.3 Å². The number of carbonyl (C=O) groups is 1. The molecule has 5 N–H and O–H groups in total. The summed E-state index contributed by atoms with van der Waals surface area (Å²) in [5.74, 6) is -0.700. The van der Waals surface area contributed by atoms with E-state index in [1.165, 1.54) is 6.07 Å². The van der Waals surface area contributed by atoms with Crippen molar-refractivity contribution < 1.29 is 22.3 Å². The van der Waals surface area contributed by atoms with Crippen LogP contribution in [0.15, 0.2) is 36.5 Å². The van der Waals surface area contributed by atoms with Crippen molar-refractivity contribution in [2.24, 2.45) is 5.73 Å². The summed E-state index contributed by atoms with van der Waals surface area (Å²) in [5, 5.41) is 17.4. The van der Waals surface area contributed by atoms with Gasteiger partial charge in [-0.15, -0.1) is 0 Å². The van der Waals surface area contributed by atoms with Crippen LogP contribution < -0.4 is 11.2 Å². The minimum absolute atomic E-state index is 0.0123. The predicted octanol–water partition coefficient (Wildman–Crippen LogP) is 1.55. The molecule has 0 aliphatic heterocycles. The maximum atomic E-state index is 11.4. The minimum atomic E-state index is -4.67. The quantitative estimate of drug-likeness (QED) is 0.571. The van der Waals surface area contributed by atoms with Crippen molar-refractivity contribution in [1.29, 1.82) is 10.7 Å². The molecule has 0 aliphatic carbocycles. The molecule has 1 heterocycles. The van der Waals surface area contributed by atoms with E-state index in [1.807, 2.05) is 13.0 Å². The highest BCUT2D eigenvalue weighted by Gasteiger charge is 2.14. The second-order valence-electron chi connectivity index (χ2n) is 5.05. The van der Waals surface area contributed by atoms with E-state index in [-0.39, 0.29) is 17.1 Å². The number of aromatic nitrogens is 1. The molecule has 1 aromatic heterocycles. The molecule has 1 atom stereocenters. The summed E-state index contributed by atoms with van der Waals surface area (Å²) >= 11 is 5.99. The third-order valence-corrected chi connectivity index (χ3v) is 3.45. The third-order valence-electron chi connectivity index (χ3n) is 3.24. The summed E-state index contributed by atoms with van der Waals surface area (Å²) in [5.41, 5.74) is 6.68. The molecule has 0 spiro atoms. The molecule has 138 valence electrons. The van der Waals surface area contributed by atoms with Crippen molar-refractivity contribution >= 4 is 27.9 Å². The number of pyridine rings is 1. The number of halogens is 1. The minimum Gasteiger partial charge on any atom is -0.365 e. The maximum absolute atomic E-state index is 11.4. The Bertz CT molecular complexity index is 1020. The van der Waals surface area contributed by atoms with Crippen LogP contribution >= 0.6 is 11.6 Å². The number of rotatable bonds is 3. The standard InChI is InChI=1S/C15H13ClN4O.H2O4S/c1-9(11-4-2-3-10(5-11)7-17)20-8-12(16)6-13(14(20)18)15(19)21;1-5(2,3)4/h2-6,8-9,18H,1H3,(H2,19,21);(H2,1,2,3,4)/t9-;/m1./s1. The number of amides is 1. The van der Waals surface area contributed by atoms with Crippen LogP contribution in [0.5, 0.6) is 0 Å². The van der Waals surface area contributed by atoms with Crippen LogP contribution in [-0.4, -0.2) is 28.0 Å². The highest BCUT2D eigenvalue weighted by Crippen LogP contribution is 2.19. The molecule has 0 radical (unpaired) electrons. The van der Waals surface area contributed by atoms with Crippen molar-refractivity contribution in [2.75, 3.05) is 0 Å². The topological polar surface area (TPSA) is 170 Å². The molecular weight excluding hydrogens is 384 g/mol. The van der Waals surface area contributed by atoms with Crippen LogP contribution in [0.3, 0.4) is 0 Å². The SMILES string of the molecule is C[C@H](c1cccc(C#N)c1)n1cc(Cl)cc(C(N)=O)c1=N.O=S(=O)(O)O. The lowest BCUT2D eigenvalue weighted by molar-refractivity contribution is 0.0997. The summed E-state index contributed by atoms with van der Waals surface area (Å²) in [4.78, 5) is 11.4. The van der Waals surface area contributed by atoms with E-state index in [1.54, 1.807) is 29.0 Å². The molecule has 0 aliphatic rings. The molecule has 11 heteroatoms. The molecule has 9 nitrogen and oxygen atoms in total. The van der Waals surface area contributed by atoms with Crippen molar-refractivity contribution in [3.63, 3.8) is 0 Å². The Hall–Kier alpha value is -2.71. The molecule has 1 aromatic carbocycles. The van der Waals surface area contributed by atoms with Gasteiger partial charge >= 0.3 is 10.4 Å². The average molecular weight is 399 g/mol. The van der Waals surface area contributed by atoms with Gasteiger partial charge in [-0.1, -0.05) is 23.7 Å². The Labute approximate surface area is 154 Å². The van der Waals surface area contributed by atoms with Crippen LogP contribution in [0.4, 0.5) is 0 Å². The van der Waals surface area contributed by atoms with Gasteiger partial charge in [-0.2, -0.15) is 13.7 Å². The number of hydrogen-bond donors (Lipinski definition) is 4. The second kappa shape index (κ2) is 8.59. The molecule has 2 aromatic rings. The van der Waals surface area contributed by atoms with Gasteiger partial charge in [-0.25, -0.2) is 0 Å². The average Bonchev–Trinajstić information content (AvgIpc) is 2.54. The number of nitrogens with zero attached hydrogens (tertiary/aromatic N) is 2. The fraction of sp³-hybridized carbons (Fsp3) is 0.133. The van der Waals surface area contributed by atoms with Gasteiger partial charge in [0.25, 0.3) is 5.91 Å². The van der Waals surface area contributed by atoms with Gasteiger partial charge in [0.1, 0.15) is 5.49 Å². The Morgan fingerprint density at radius 3 is 2.46 bits per heavy atom. The smallest absolute Gasteiger partial charge is 0.365 e. The van der Waals surface area contributed by atoms with E-state index in [0.29, 0.717) is 10.6 Å². The molecule has 1 amide bonds. The Balaban J connectivity index is 0.000000597. The van der Waals surface area contributed by atoms with Crippen molar-refractivity contribution in [3.05, 3.63) is 63.7 Å². The molecule has 26 heavy (non-hydrogen) atoms. The fourth-order valence-corrected chi connectivity index (χ4v) is 2.32. The van der Waals surface area contributed by atoms with Crippen molar-refractivity contribution in [3.8, 4) is 6.07 Å². The summed E-state index contributed by atoms with van der Waals surface area (Å²) in [6, 6.07) is 10.3. The first-order chi connectivity index (χ1) is 11.9. The van der Waals surface area contributed by atoms with Crippen LogP contribution in [0.2, 0.25) is 5.02 Å². The van der Waals surface area contributed by atoms with Gasteiger partial charge in [0.2, 0.25) is 0 Å². The summed E-state index contributed by atoms with van der Waals surface area (Å²) < 4.78 is 33.1. The normalized spacial score (nSPS) is 11.7. The number of nitrogens with two attached hydrogens (primary N) is 1. The fourth-order valence-electron chi connectivity index (χ4n) is 2.10. The lowest BCUT2D eigenvalue weighted by atomic mass is 10.0. The summed E-state index contributed by atoms with van der Waals surface area (Å²) in [6.07, 6.45) is 1.57. The van der Waals surface area contributed by atoms with Gasteiger partial charge in [-0.05, 0) is 30.7 Å². The zero-order valence-electron chi connectivity index (χ0n) is 13.4. The van der Waals surface area contributed by atoms with E-state index in [4.69, 9.17) is 45.5 Å². The van der Waals surface area contributed by atoms with E-state index in [9.17, 15) is 4.79 Å². The number of hydrogen-bond acceptors (Lipinski definition) is 5. The van der Waals surface area contributed by atoms with E-state index in [0.717, 1.165) is 5.56 Å². The third kappa shape index (κ3) is 6.30. The van der Waals surface area contributed by atoms with Gasteiger partial charge in [0.15, 0.2) is 0 Å². The first-order valence-corrected chi connectivity index (χ1v) is 8.67. The van der Waals surface area contributed by atoms with Crippen molar-refractivity contribution in [2.45, 2.75) is 13.0 Å². The lowest BCUT2D eigenvalue weighted by Crippen LogP contribution is -2.31. The number of carbonyl (C=O) groups excluding carboxylic acids is 1. The predicted molar refractivity (Wildman–Crippen MR) is 93.0 cm³/mol. The zero-order valence-corrected chi connectivity index (χ0v) is 15.0. The molecular formula is C15H15ClN4O5S. The molecule has 0 unspecified atom stereocenters. The highest BCUT2D eigenvalue weighted by atomic mass is 35.5. The summed E-state index contributed by atoms with van der Waals surface area (Å²) in [7, 11) is -4.67. The first-order valence-electron chi connectivity index (χ1n) is 6.90. The highest BCUT2D eigenvalue weighted by molar-refractivity contribution is 7.79. The maximum Gasteiger partial charge on any atom is 0.394 e. The Kier molecular flexibility index (Phi) is 7.05. The Morgan fingerprint density at radius 1 is 1.38 bits per heavy atom. The van der Waals surface area contributed by atoms with Crippen LogP contribution in [0.1, 0.15) is 34.5 Å². The van der Waals surface area contributed by atoms with E-state index in [2.05, 4.69) is 6.07 Å². The lowest BCUT2D eigenvalue weighted by Gasteiger charge is -2.18. The van der Waals surface area contributed by atoms with Gasteiger partial charge < -0.3 is 10.3 Å². The van der Waals surface area contributed by atoms with Crippen LogP contribution in [0, 0.1) is 16.7 Å². The Morgan fingerprint density at radius 2 is 1.96 bits per heavy atom. The largest absolute Gasteiger partial charge is 0.394 e. The zero-order chi connectivity index (χ0) is 20.1. The second-order valence-corrected chi connectivity index (χ2v) is 6.39. The monoisotopic (exact) mass is 398 g/mol.